The van der Waals surface area contributed by atoms with Crippen molar-refractivity contribution in [2.45, 2.75) is 39.9 Å². The molecule has 2 amide bonds. The summed E-state index contributed by atoms with van der Waals surface area (Å²) in [5.41, 5.74) is 2.95. The molecule has 2 aromatic rings. The Labute approximate surface area is 160 Å². The van der Waals surface area contributed by atoms with Gasteiger partial charge in [-0.3, -0.25) is 9.59 Å². The van der Waals surface area contributed by atoms with E-state index in [9.17, 15) is 22.8 Å². The maximum atomic E-state index is 13.3. The molecule has 2 N–H and O–H groups in total. The van der Waals surface area contributed by atoms with Crippen LogP contribution < -0.4 is 10.7 Å². The molecular weight excluding hydrogens is 373 g/mol. The smallest absolute Gasteiger partial charge is 0.346 e. The summed E-state index contributed by atoms with van der Waals surface area (Å²) in [6.07, 6.45) is -3.21. The quantitative estimate of drug-likeness (QED) is 0.475. The van der Waals surface area contributed by atoms with Gasteiger partial charge in [0, 0.05) is 23.0 Å². The number of amides is 2. The molecule has 6 nitrogen and oxygen atoms in total. The molecule has 0 aliphatic rings. The lowest BCUT2D eigenvalue weighted by Crippen LogP contribution is -2.41. The van der Waals surface area contributed by atoms with E-state index < -0.39 is 23.6 Å². The van der Waals surface area contributed by atoms with Crippen LogP contribution in [0.1, 0.15) is 36.4 Å². The van der Waals surface area contributed by atoms with Crippen molar-refractivity contribution in [2.75, 3.05) is 0 Å². The van der Waals surface area contributed by atoms with E-state index in [1.807, 2.05) is 0 Å². The third-order valence-corrected chi connectivity index (χ3v) is 3.92. The number of benzene rings is 1. The molecule has 0 unspecified atom stereocenters. The van der Waals surface area contributed by atoms with Crippen molar-refractivity contribution >= 4 is 18.0 Å². The first-order chi connectivity index (χ1) is 13.0. The summed E-state index contributed by atoms with van der Waals surface area (Å²) in [6, 6.07) is 6.73. The van der Waals surface area contributed by atoms with Crippen LogP contribution in [0.25, 0.3) is 5.69 Å². The summed E-state index contributed by atoms with van der Waals surface area (Å²) in [6.45, 7) is 6.74. The lowest BCUT2D eigenvalue weighted by atomic mass is 10.1. The minimum atomic E-state index is -4.49. The number of aromatic nitrogens is 1. The second kappa shape index (κ2) is 8.28. The molecule has 0 fully saturated rings. The number of nitrogens with one attached hydrogen (secondary N) is 2. The number of rotatable bonds is 4. The Morgan fingerprint density at radius 1 is 1.14 bits per heavy atom. The van der Waals surface area contributed by atoms with Crippen LogP contribution in [-0.2, 0) is 15.8 Å². The first-order valence-electron chi connectivity index (χ1n) is 8.51. The zero-order valence-electron chi connectivity index (χ0n) is 15.9. The molecule has 150 valence electrons. The molecule has 0 saturated carbocycles. The first-order valence-corrected chi connectivity index (χ1v) is 8.51. The lowest BCUT2D eigenvalue weighted by molar-refractivity contribution is -0.139. The van der Waals surface area contributed by atoms with Crippen LogP contribution in [0.15, 0.2) is 35.4 Å². The minimum absolute atomic E-state index is 0.00463. The molecule has 0 aliphatic heterocycles. The summed E-state index contributed by atoms with van der Waals surface area (Å²) in [4.78, 5) is 23.2. The number of alkyl halides is 3. The van der Waals surface area contributed by atoms with E-state index in [0.717, 1.165) is 6.07 Å². The van der Waals surface area contributed by atoms with Gasteiger partial charge in [0.2, 0.25) is 0 Å². The Hall–Kier alpha value is -3.10. The van der Waals surface area contributed by atoms with Crippen LogP contribution >= 0.6 is 0 Å². The van der Waals surface area contributed by atoms with Crippen LogP contribution in [0.4, 0.5) is 13.2 Å². The molecule has 0 atom stereocenters. The molecule has 1 heterocycles. The largest absolute Gasteiger partial charge is 0.418 e. The molecule has 0 spiro atoms. The van der Waals surface area contributed by atoms with Gasteiger partial charge in [0.15, 0.2) is 0 Å². The van der Waals surface area contributed by atoms with Gasteiger partial charge in [-0.15, -0.1) is 0 Å². The number of hydrogen-bond donors (Lipinski definition) is 2. The molecule has 1 aromatic heterocycles. The van der Waals surface area contributed by atoms with Gasteiger partial charge >= 0.3 is 18.0 Å². The Morgan fingerprint density at radius 2 is 1.79 bits per heavy atom. The second-order valence-electron chi connectivity index (χ2n) is 6.50. The predicted octanol–water partition coefficient (Wildman–Crippen LogP) is 3.09. The molecule has 1 aromatic carbocycles. The van der Waals surface area contributed by atoms with E-state index in [0.29, 0.717) is 17.0 Å². The van der Waals surface area contributed by atoms with E-state index in [-0.39, 0.29) is 11.7 Å². The van der Waals surface area contributed by atoms with Crippen molar-refractivity contribution in [2.24, 2.45) is 5.10 Å². The fraction of sp³-hybridized carbons (Fsp3) is 0.316. The minimum Gasteiger partial charge on any atom is -0.346 e. The molecule has 0 aliphatic carbocycles. The van der Waals surface area contributed by atoms with Gasteiger partial charge in [-0.05, 0) is 45.9 Å². The van der Waals surface area contributed by atoms with Crippen LogP contribution in [0.5, 0.6) is 0 Å². The Morgan fingerprint density at radius 3 is 2.39 bits per heavy atom. The fourth-order valence-electron chi connectivity index (χ4n) is 2.74. The zero-order chi connectivity index (χ0) is 21.1. The molecule has 0 bridgehead atoms. The highest BCUT2D eigenvalue weighted by Gasteiger charge is 2.34. The summed E-state index contributed by atoms with van der Waals surface area (Å²) in [5.74, 6) is -1.75. The van der Waals surface area contributed by atoms with Gasteiger partial charge in [-0.1, -0.05) is 12.1 Å². The summed E-state index contributed by atoms with van der Waals surface area (Å²) in [7, 11) is 0. The number of carbonyl (C=O) groups is 2. The van der Waals surface area contributed by atoms with E-state index in [1.54, 1.807) is 33.8 Å². The molecule has 2 rings (SSSR count). The third kappa shape index (κ3) is 4.79. The Balaban J connectivity index is 2.29. The average molecular weight is 394 g/mol. The maximum Gasteiger partial charge on any atom is 0.418 e. The maximum absolute atomic E-state index is 13.3. The highest BCUT2D eigenvalue weighted by Crippen LogP contribution is 2.35. The van der Waals surface area contributed by atoms with Gasteiger partial charge in [0.25, 0.3) is 0 Å². The molecular formula is C19H21F3N4O2. The van der Waals surface area contributed by atoms with E-state index in [1.165, 1.54) is 29.0 Å². The van der Waals surface area contributed by atoms with Crippen LogP contribution in [0.3, 0.4) is 0 Å². The van der Waals surface area contributed by atoms with Gasteiger partial charge in [-0.25, -0.2) is 5.43 Å². The normalized spacial score (nSPS) is 11.9. The van der Waals surface area contributed by atoms with Crippen molar-refractivity contribution in [3.63, 3.8) is 0 Å². The number of halogens is 3. The summed E-state index contributed by atoms with van der Waals surface area (Å²) < 4.78 is 41.5. The van der Waals surface area contributed by atoms with Crippen molar-refractivity contribution < 1.29 is 22.8 Å². The van der Waals surface area contributed by atoms with E-state index in [2.05, 4.69) is 15.8 Å². The van der Waals surface area contributed by atoms with Crippen LogP contribution in [0.2, 0.25) is 0 Å². The summed E-state index contributed by atoms with van der Waals surface area (Å²) >= 11 is 0. The highest BCUT2D eigenvalue weighted by molar-refractivity contribution is 6.35. The molecule has 0 radical (unpaired) electrons. The number of aryl methyl sites for hydroxylation is 1. The van der Waals surface area contributed by atoms with Crippen LogP contribution in [0, 0.1) is 13.8 Å². The Bertz CT molecular complexity index is 914. The van der Waals surface area contributed by atoms with Crippen molar-refractivity contribution in [3.8, 4) is 5.69 Å². The fourth-order valence-corrected chi connectivity index (χ4v) is 2.74. The van der Waals surface area contributed by atoms with E-state index >= 15 is 0 Å². The first kappa shape index (κ1) is 21.2. The lowest BCUT2D eigenvalue weighted by Gasteiger charge is -2.16. The number of hydrazone groups is 1. The zero-order valence-corrected chi connectivity index (χ0v) is 15.9. The van der Waals surface area contributed by atoms with E-state index in [4.69, 9.17) is 0 Å². The van der Waals surface area contributed by atoms with Gasteiger partial charge in [0.1, 0.15) is 0 Å². The van der Waals surface area contributed by atoms with Gasteiger partial charge in [0.05, 0.1) is 17.5 Å². The number of para-hydroxylation sites is 1. The molecule has 9 heteroatoms. The topological polar surface area (TPSA) is 75.5 Å². The molecule has 0 saturated heterocycles. The number of nitrogens with zero attached hydrogens (tertiary/aromatic N) is 2. The third-order valence-electron chi connectivity index (χ3n) is 3.92. The standard InChI is InChI=1S/C19H21F3N4O2/c1-11(2)24-17(27)18(28)25-23-10-14-9-12(3)26(13(14)4)16-8-6-5-7-15(16)19(20,21)22/h5-11H,1-4H3,(H,24,27)(H,25,28)/b23-10-. The van der Waals surface area contributed by atoms with Crippen LogP contribution in [-0.4, -0.2) is 28.6 Å². The van der Waals surface area contributed by atoms with Crippen molar-refractivity contribution in [1.29, 1.82) is 0 Å². The Kier molecular flexibility index (Phi) is 6.27. The average Bonchev–Trinajstić information content (AvgIpc) is 2.87. The summed E-state index contributed by atoms with van der Waals surface area (Å²) in [5, 5.41) is 6.15. The highest BCUT2D eigenvalue weighted by atomic mass is 19.4. The van der Waals surface area contributed by atoms with Crippen molar-refractivity contribution in [1.82, 2.24) is 15.3 Å². The van der Waals surface area contributed by atoms with Crippen molar-refractivity contribution in [3.05, 3.63) is 52.8 Å². The van der Waals surface area contributed by atoms with Gasteiger partial charge in [-0.2, -0.15) is 18.3 Å². The van der Waals surface area contributed by atoms with Gasteiger partial charge < -0.3 is 9.88 Å². The number of hydrogen-bond acceptors (Lipinski definition) is 3. The SMILES string of the molecule is Cc1cc(/C=N\NC(=O)C(=O)NC(C)C)c(C)n1-c1ccccc1C(F)(F)F. The molecule has 28 heavy (non-hydrogen) atoms. The monoisotopic (exact) mass is 394 g/mol. The second-order valence-corrected chi connectivity index (χ2v) is 6.50. The predicted molar refractivity (Wildman–Crippen MR) is 99.3 cm³/mol. The number of carbonyl (C=O) groups excluding carboxylic acids is 2.